The van der Waals surface area contributed by atoms with Crippen LogP contribution in [0.5, 0.6) is 0 Å². The molecule has 0 aromatic heterocycles. The van der Waals surface area contributed by atoms with Crippen molar-refractivity contribution < 1.29 is 0 Å². The van der Waals surface area contributed by atoms with Crippen molar-refractivity contribution >= 4 is 20.3 Å². The van der Waals surface area contributed by atoms with Gasteiger partial charge in [0.25, 0.3) is 0 Å². The van der Waals surface area contributed by atoms with E-state index in [0.29, 0.717) is 7.92 Å². The molecule has 0 aliphatic rings. The van der Waals surface area contributed by atoms with E-state index in [4.69, 9.17) is 0 Å². The molecule has 0 rings (SSSR count). The Morgan fingerprint density at radius 1 is 0.529 bits per heavy atom. The van der Waals surface area contributed by atoms with Gasteiger partial charge in [-0.2, -0.15) is 0 Å². The SMILES string of the molecule is CCCCCP(CCCCC)CCCCC.Cl. The largest absolute Gasteiger partial charge is 0.147 e. The van der Waals surface area contributed by atoms with E-state index in [0.717, 1.165) is 0 Å². The normalized spacial score (nSPS) is 10.6. The maximum atomic E-state index is 2.32. The molecule has 0 radical (unpaired) electrons. The highest BCUT2D eigenvalue weighted by Crippen LogP contribution is 2.39. The van der Waals surface area contributed by atoms with Crippen LogP contribution < -0.4 is 0 Å². The monoisotopic (exact) mass is 280 g/mol. The van der Waals surface area contributed by atoms with E-state index in [2.05, 4.69) is 20.8 Å². The molecule has 0 aromatic carbocycles. The molecule has 0 spiro atoms. The van der Waals surface area contributed by atoms with Crippen molar-refractivity contribution in [3.05, 3.63) is 0 Å². The summed E-state index contributed by atoms with van der Waals surface area (Å²) in [4.78, 5) is 0. The molecule has 0 bridgehead atoms. The molecule has 0 fully saturated rings. The summed E-state index contributed by atoms with van der Waals surface area (Å²) in [6.45, 7) is 6.95. The van der Waals surface area contributed by atoms with Crippen molar-refractivity contribution in [3.8, 4) is 0 Å². The number of halogens is 1. The molecule has 0 saturated heterocycles. The van der Waals surface area contributed by atoms with E-state index in [1.165, 1.54) is 57.8 Å². The third-order valence-corrected chi connectivity index (χ3v) is 6.08. The predicted octanol–water partition coefficient (Wildman–Crippen LogP) is 6.46. The quantitative estimate of drug-likeness (QED) is 0.284. The van der Waals surface area contributed by atoms with E-state index in [-0.39, 0.29) is 12.4 Å². The van der Waals surface area contributed by atoms with E-state index in [9.17, 15) is 0 Å². The Morgan fingerprint density at radius 2 is 0.824 bits per heavy atom. The number of hydrogen-bond donors (Lipinski definition) is 0. The highest BCUT2D eigenvalue weighted by molar-refractivity contribution is 7.57. The lowest BCUT2D eigenvalue weighted by Gasteiger charge is -2.17. The number of hydrogen-bond acceptors (Lipinski definition) is 0. The van der Waals surface area contributed by atoms with Crippen molar-refractivity contribution in [2.24, 2.45) is 0 Å². The van der Waals surface area contributed by atoms with Gasteiger partial charge in [-0.3, -0.25) is 0 Å². The van der Waals surface area contributed by atoms with Crippen molar-refractivity contribution in [2.45, 2.75) is 78.6 Å². The van der Waals surface area contributed by atoms with Crippen LogP contribution in [0.4, 0.5) is 0 Å². The maximum Gasteiger partial charge on any atom is -0.0326 e. The fourth-order valence-corrected chi connectivity index (χ4v) is 4.77. The van der Waals surface area contributed by atoms with Gasteiger partial charge in [0.05, 0.1) is 0 Å². The number of unbranched alkanes of at least 4 members (excludes halogenated alkanes) is 6. The fourth-order valence-electron chi connectivity index (χ4n) is 2.09. The second kappa shape index (κ2) is 16.7. The van der Waals surface area contributed by atoms with Gasteiger partial charge in [-0.1, -0.05) is 59.3 Å². The molecule has 0 amide bonds. The topological polar surface area (TPSA) is 0 Å². The predicted molar refractivity (Wildman–Crippen MR) is 87.3 cm³/mol. The Labute approximate surface area is 118 Å². The highest BCUT2D eigenvalue weighted by atomic mass is 35.5. The summed E-state index contributed by atoms with van der Waals surface area (Å²) in [7, 11) is 0.405. The Bertz CT molecular complexity index is 104. The van der Waals surface area contributed by atoms with Crippen LogP contribution in [-0.4, -0.2) is 18.5 Å². The lowest BCUT2D eigenvalue weighted by atomic mass is 10.3. The molecule has 0 saturated carbocycles. The molecule has 106 valence electrons. The highest BCUT2D eigenvalue weighted by Gasteiger charge is 2.06. The van der Waals surface area contributed by atoms with Crippen molar-refractivity contribution in [3.63, 3.8) is 0 Å². The minimum absolute atomic E-state index is 0. The molecule has 0 unspecified atom stereocenters. The first-order valence-corrected chi connectivity index (χ1v) is 9.47. The second-order valence-corrected chi connectivity index (χ2v) is 7.65. The Morgan fingerprint density at radius 3 is 1.06 bits per heavy atom. The molecule has 0 heterocycles. The van der Waals surface area contributed by atoms with E-state index in [1.54, 1.807) is 18.5 Å². The van der Waals surface area contributed by atoms with E-state index < -0.39 is 0 Å². The Hall–Kier alpha value is 0.720. The molecule has 0 aromatic rings. The van der Waals surface area contributed by atoms with Crippen LogP contribution in [0.3, 0.4) is 0 Å². The first-order chi connectivity index (χ1) is 7.85. The summed E-state index contributed by atoms with van der Waals surface area (Å²) in [5, 5.41) is 0. The van der Waals surface area contributed by atoms with Gasteiger partial charge in [0, 0.05) is 0 Å². The first-order valence-electron chi connectivity index (χ1n) is 7.57. The van der Waals surface area contributed by atoms with E-state index >= 15 is 0 Å². The lowest BCUT2D eigenvalue weighted by molar-refractivity contribution is 0.749. The summed E-state index contributed by atoms with van der Waals surface area (Å²) < 4.78 is 0. The van der Waals surface area contributed by atoms with Crippen LogP contribution in [0.25, 0.3) is 0 Å². The molecule has 0 nitrogen and oxygen atoms in total. The van der Waals surface area contributed by atoms with Gasteiger partial charge in [0.2, 0.25) is 0 Å². The fraction of sp³-hybridized carbons (Fsp3) is 1.00. The summed E-state index contributed by atoms with van der Waals surface area (Å²) in [5.41, 5.74) is 0. The van der Waals surface area contributed by atoms with Crippen LogP contribution in [-0.2, 0) is 0 Å². The molecule has 17 heavy (non-hydrogen) atoms. The van der Waals surface area contributed by atoms with Gasteiger partial charge in [-0.25, -0.2) is 0 Å². The average Bonchev–Trinajstić information content (AvgIpc) is 2.29. The molecule has 2 heteroatoms. The zero-order valence-corrected chi connectivity index (χ0v) is 14.1. The molecule has 0 N–H and O–H groups in total. The van der Waals surface area contributed by atoms with Gasteiger partial charge in [-0.05, 0) is 37.7 Å². The molecular formula is C15H34ClP. The maximum absolute atomic E-state index is 2.32. The van der Waals surface area contributed by atoms with Gasteiger partial charge in [0.15, 0.2) is 0 Å². The minimum Gasteiger partial charge on any atom is -0.147 e. The summed E-state index contributed by atoms with van der Waals surface area (Å²) in [6.07, 6.45) is 17.7. The van der Waals surface area contributed by atoms with Crippen molar-refractivity contribution in [1.29, 1.82) is 0 Å². The first kappa shape index (κ1) is 20.0. The molecule has 0 aliphatic heterocycles. The summed E-state index contributed by atoms with van der Waals surface area (Å²) in [5.74, 6) is 0. The Kier molecular flexibility index (Phi) is 19.7. The molecule has 0 aliphatic carbocycles. The van der Waals surface area contributed by atoms with Gasteiger partial charge in [0.1, 0.15) is 0 Å². The third-order valence-electron chi connectivity index (χ3n) is 3.23. The average molecular weight is 281 g/mol. The number of rotatable bonds is 12. The van der Waals surface area contributed by atoms with E-state index in [1.807, 2.05) is 0 Å². The van der Waals surface area contributed by atoms with Crippen LogP contribution in [0, 0.1) is 0 Å². The molecular weight excluding hydrogens is 247 g/mol. The van der Waals surface area contributed by atoms with Gasteiger partial charge < -0.3 is 0 Å². The van der Waals surface area contributed by atoms with Crippen LogP contribution in [0.1, 0.15) is 78.6 Å². The standard InChI is InChI=1S/C15H33P.ClH/c1-4-7-10-13-16(14-11-8-5-2)15-12-9-6-3;/h4-15H2,1-3H3;1H. The Balaban J connectivity index is 0. The summed E-state index contributed by atoms with van der Waals surface area (Å²) in [6, 6.07) is 0. The lowest BCUT2D eigenvalue weighted by Crippen LogP contribution is -1.96. The zero-order valence-electron chi connectivity index (χ0n) is 12.3. The van der Waals surface area contributed by atoms with Gasteiger partial charge >= 0.3 is 0 Å². The zero-order chi connectivity index (χ0) is 12.1. The van der Waals surface area contributed by atoms with Crippen LogP contribution in [0.2, 0.25) is 0 Å². The van der Waals surface area contributed by atoms with Gasteiger partial charge in [-0.15, -0.1) is 20.3 Å². The summed E-state index contributed by atoms with van der Waals surface area (Å²) >= 11 is 0. The van der Waals surface area contributed by atoms with Crippen molar-refractivity contribution in [1.82, 2.24) is 0 Å². The van der Waals surface area contributed by atoms with Crippen LogP contribution in [0.15, 0.2) is 0 Å². The minimum atomic E-state index is 0. The second-order valence-electron chi connectivity index (χ2n) is 4.96. The third kappa shape index (κ3) is 14.7. The van der Waals surface area contributed by atoms with Crippen LogP contribution >= 0.6 is 20.3 Å². The van der Waals surface area contributed by atoms with Crippen molar-refractivity contribution in [2.75, 3.05) is 18.5 Å². The smallest absolute Gasteiger partial charge is 0.0326 e. The molecule has 0 atom stereocenters.